The van der Waals surface area contributed by atoms with E-state index in [1.807, 2.05) is 32.9 Å². The molecule has 0 spiro atoms. The summed E-state index contributed by atoms with van der Waals surface area (Å²) in [5.41, 5.74) is 0.974. The summed E-state index contributed by atoms with van der Waals surface area (Å²) in [6.45, 7) is 6.47. The number of rotatable bonds is 3. The van der Waals surface area contributed by atoms with Crippen LogP contribution in [0.15, 0.2) is 18.2 Å². The summed E-state index contributed by atoms with van der Waals surface area (Å²) in [5.74, 6) is 1.94. The topological polar surface area (TPSA) is 29.5 Å². The van der Waals surface area contributed by atoms with E-state index < -0.39 is 0 Å². The highest BCUT2D eigenvalue weighted by atomic mass is 16.5. The van der Waals surface area contributed by atoms with Crippen LogP contribution in [0.3, 0.4) is 0 Å². The number of benzene rings is 1. The lowest BCUT2D eigenvalue weighted by molar-refractivity contribution is 0.315. The van der Waals surface area contributed by atoms with Crippen molar-refractivity contribution in [2.75, 3.05) is 6.61 Å². The second-order valence-corrected chi connectivity index (χ2v) is 3.09. The smallest absolute Gasteiger partial charge is 0.164 e. The quantitative estimate of drug-likeness (QED) is 0.773. The normalized spacial score (nSPS) is 10.5. The van der Waals surface area contributed by atoms with Gasteiger partial charge in [-0.25, -0.2) is 0 Å². The minimum absolute atomic E-state index is 0.209. The summed E-state index contributed by atoms with van der Waals surface area (Å²) in [6.07, 6.45) is 0. The van der Waals surface area contributed by atoms with Gasteiger partial charge in [-0.2, -0.15) is 0 Å². The van der Waals surface area contributed by atoms with Crippen molar-refractivity contribution in [3.8, 4) is 11.5 Å². The zero-order chi connectivity index (χ0) is 9.84. The number of phenols is 1. The Morgan fingerprint density at radius 3 is 2.62 bits per heavy atom. The molecule has 0 unspecified atom stereocenters. The first-order chi connectivity index (χ1) is 6.16. The average Bonchev–Trinajstić information content (AvgIpc) is 2.08. The highest BCUT2D eigenvalue weighted by molar-refractivity contribution is 5.50. The largest absolute Gasteiger partial charge is 0.504 e. The van der Waals surface area contributed by atoms with Crippen LogP contribution in [0.4, 0.5) is 0 Å². The lowest BCUT2D eigenvalue weighted by Crippen LogP contribution is -1.98. The van der Waals surface area contributed by atoms with Gasteiger partial charge in [0, 0.05) is 11.5 Å². The third kappa shape index (κ3) is 2.14. The molecular weight excluding hydrogens is 164 g/mol. The molecule has 0 aliphatic heterocycles. The second kappa shape index (κ2) is 4.17. The van der Waals surface area contributed by atoms with E-state index in [1.165, 1.54) is 0 Å². The van der Waals surface area contributed by atoms with Crippen LogP contribution in [-0.4, -0.2) is 11.7 Å². The monoisotopic (exact) mass is 179 g/mol. The molecule has 0 aliphatic carbocycles. The van der Waals surface area contributed by atoms with Crippen molar-refractivity contribution in [2.45, 2.75) is 20.8 Å². The molecule has 0 fully saturated rings. The van der Waals surface area contributed by atoms with Gasteiger partial charge in [0.2, 0.25) is 0 Å². The maximum Gasteiger partial charge on any atom is 0.164 e. The maximum absolute atomic E-state index is 9.53. The van der Waals surface area contributed by atoms with Gasteiger partial charge in [-0.1, -0.05) is 26.0 Å². The van der Waals surface area contributed by atoms with E-state index in [0.29, 0.717) is 12.4 Å². The highest BCUT2D eigenvalue weighted by Crippen LogP contribution is 2.33. The standard InChI is InChI=1S/C11H15O2/c1-4-13-11-9(8(2)3)6-5-7-10(11)12/h5-7,12H,4H2,1-3H3. The van der Waals surface area contributed by atoms with Gasteiger partial charge in [-0.15, -0.1) is 0 Å². The van der Waals surface area contributed by atoms with E-state index in [0.717, 1.165) is 11.5 Å². The van der Waals surface area contributed by atoms with Crippen LogP contribution < -0.4 is 4.74 Å². The van der Waals surface area contributed by atoms with E-state index in [9.17, 15) is 5.11 Å². The fourth-order valence-corrected chi connectivity index (χ4v) is 1.21. The predicted octanol–water partition coefficient (Wildman–Crippen LogP) is 2.75. The molecule has 1 rings (SSSR count). The van der Waals surface area contributed by atoms with Crippen molar-refractivity contribution in [3.63, 3.8) is 0 Å². The van der Waals surface area contributed by atoms with Crippen LogP contribution in [-0.2, 0) is 0 Å². The van der Waals surface area contributed by atoms with Crippen molar-refractivity contribution in [1.82, 2.24) is 0 Å². The van der Waals surface area contributed by atoms with E-state index in [2.05, 4.69) is 0 Å². The third-order valence-corrected chi connectivity index (χ3v) is 1.82. The Morgan fingerprint density at radius 2 is 2.08 bits per heavy atom. The molecule has 0 saturated heterocycles. The molecule has 2 heteroatoms. The van der Waals surface area contributed by atoms with Crippen LogP contribution >= 0.6 is 0 Å². The summed E-state index contributed by atoms with van der Waals surface area (Å²) in [5, 5.41) is 9.53. The number of hydrogen-bond acceptors (Lipinski definition) is 2. The highest BCUT2D eigenvalue weighted by Gasteiger charge is 2.11. The van der Waals surface area contributed by atoms with Crippen molar-refractivity contribution >= 4 is 0 Å². The predicted molar refractivity (Wildman–Crippen MR) is 53.0 cm³/mol. The SMILES string of the molecule is CCOc1c(O)cccc1[C](C)C. The van der Waals surface area contributed by atoms with E-state index in [4.69, 9.17) is 4.74 Å². The van der Waals surface area contributed by atoms with Gasteiger partial charge < -0.3 is 9.84 Å². The van der Waals surface area contributed by atoms with Gasteiger partial charge in [-0.05, 0) is 13.0 Å². The van der Waals surface area contributed by atoms with Crippen molar-refractivity contribution in [1.29, 1.82) is 0 Å². The minimum Gasteiger partial charge on any atom is -0.504 e. The molecule has 0 bridgehead atoms. The molecular formula is C11H15O2. The molecule has 0 amide bonds. The van der Waals surface area contributed by atoms with Crippen LogP contribution in [0, 0.1) is 5.92 Å². The minimum atomic E-state index is 0.209. The van der Waals surface area contributed by atoms with Gasteiger partial charge in [0.05, 0.1) is 6.61 Å². The molecule has 1 aromatic carbocycles. The second-order valence-electron chi connectivity index (χ2n) is 3.09. The van der Waals surface area contributed by atoms with Crippen molar-refractivity contribution < 1.29 is 9.84 Å². The zero-order valence-corrected chi connectivity index (χ0v) is 8.29. The number of para-hydroxylation sites is 1. The first-order valence-corrected chi connectivity index (χ1v) is 4.42. The summed E-state index contributed by atoms with van der Waals surface area (Å²) >= 11 is 0. The lowest BCUT2D eigenvalue weighted by atomic mass is 10.0. The molecule has 0 atom stereocenters. The number of ether oxygens (including phenoxy) is 1. The molecule has 0 heterocycles. The maximum atomic E-state index is 9.53. The summed E-state index contributed by atoms with van der Waals surface area (Å²) < 4.78 is 5.36. The van der Waals surface area contributed by atoms with E-state index in [1.54, 1.807) is 6.07 Å². The Labute approximate surface area is 79.2 Å². The Hall–Kier alpha value is -1.18. The lowest BCUT2D eigenvalue weighted by Gasteiger charge is -2.13. The van der Waals surface area contributed by atoms with Crippen molar-refractivity contribution in [3.05, 3.63) is 29.7 Å². The van der Waals surface area contributed by atoms with Gasteiger partial charge in [0.1, 0.15) is 0 Å². The van der Waals surface area contributed by atoms with Gasteiger partial charge in [0.25, 0.3) is 0 Å². The van der Waals surface area contributed by atoms with Crippen LogP contribution in [0.2, 0.25) is 0 Å². The van der Waals surface area contributed by atoms with Crippen LogP contribution in [0.1, 0.15) is 26.3 Å². The Morgan fingerprint density at radius 1 is 1.38 bits per heavy atom. The number of hydrogen-bond donors (Lipinski definition) is 1. The first kappa shape index (κ1) is 9.90. The van der Waals surface area contributed by atoms with Crippen LogP contribution in [0.5, 0.6) is 11.5 Å². The number of phenolic OH excluding ortho intramolecular Hbond substituents is 1. The van der Waals surface area contributed by atoms with Crippen LogP contribution in [0.25, 0.3) is 0 Å². The average molecular weight is 179 g/mol. The Balaban J connectivity index is 3.09. The third-order valence-electron chi connectivity index (χ3n) is 1.82. The fourth-order valence-electron chi connectivity index (χ4n) is 1.21. The molecule has 2 nitrogen and oxygen atoms in total. The molecule has 0 aliphatic rings. The molecule has 0 saturated carbocycles. The fraction of sp³-hybridized carbons (Fsp3) is 0.364. The summed E-state index contributed by atoms with van der Waals surface area (Å²) in [4.78, 5) is 0. The molecule has 1 radical (unpaired) electrons. The van der Waals surface area contributed by atoms with Gasteiger partial charge in [0.15, 0.2) is 11.5 Å². The molecule has 71 valence electrons. The molecule has 13 heavy (non-hydrogen) atoms. The first-order valence-electron chi connectivity index (χ1n) is 4.42. The van der Waals surface area contributed by atoms with E-state index in [-0.39, 0.29) is 5.75 Å². The number of aromatic hydroxyl groups is 1. The van der Waals surface area contributed by atoms with Crippen molar-refractivity contribution in [2.24, 2.45) is 0 Å². The Kier molecular flexibility index (Phi) is 3.18. The molecule has 1 aromatic rings. The molecule has 1 N–H and O–H groups in total. The van der Waals surface area contributed by atoms with Gasteiger partial charge >= 0.3 is 0 Å². The molecule has 0 aromatic heterocycles. The zero-order valence-electron chi connectivity index (χ0n) is 8.29. The Bertz CT molecular complexity index is 279. The van der Waals surface area contributed by atoms with E-state index >= 15 is 0 Å². The summed E-state index contributed by atoms with van der Waals surface area (Å²) in [7, 11) is 0. The van der Waals surface area contributed by atoms with Gasteiger partial charge in [-0.3, -0.25) is 0 Å². The summed E-state index contributed by atoms with van der Waals surface area (Å²) in [6, 6.07) is 5.40.